The van der Waals surface area contributed by atoms with E-state index >= 15 is 0 Å². The molecular weight excluding hydrogens is 404 g/mol. The van der Waals surface area contributed by atoms with Gasteiger partial charge in [0.15, 0.2) is 29.6 Å². The molecule has 3 heterocycles. The van der Waals surface area contributed by atoms with E-state index in [1.165, 1.54) is 0 Å². The zero-order valence-corrected chi connectivity index (χ0v) is 16.8. The van der Waals surface area contributed by atoms with Gasteiger partial charge >= 0.3 is 0 Å². The van der Waals surface area contributed by atoms with Gasteiger partial charge in [-0.05, 0) is 24.3 Å². The number of carbonyl (C=O) groups excluding carboxylic acids is 2. The normalized spacial score (nSPS) is 19.2. The van der Waals surface area contributed by atoms with E-state index in [0.717, 1.165) is 0 Å². The molecule has 2 aromatic carbocycles. The number of amides is 2. The zero-order valence-electron chi connectivity index (χ0n) is 16.8. The minimum atomic E-state index is -0.675. The van der Waals surface area contributed by atoms with E-state index in [-0.39, 0.29) is 31.8 Å². The predicted molar refractivity (Wildman–Crippen MR) is 108 cm³/mol. The zero-order chi connectivity index (χ0) is 21.2. The highest BCUT2D eigenvalue weighted by Gasteiger charge is 2.33. The van der Waals surface area contributed by atoms with E-state index in [1.807, 2.05) is 18.2 Å². The lowest BCUT2D eigenvalue weighted by Crippen LogP contribution is -2.55. The van der Waals surface area contributed by atoms with Crippen molar-refractivity contribution in [1.29, 1.82) is 0 Å². The van der Waals surface area contributed by atoms with Gasteiger partial charge in [-0.15, -0.1) is 0 Å². The fraction of sp³-hybridized carbons (Fsp3) is 0.364. The molecule has 0 unspecified atom stereocenters. The van der Waals surface area contributed by atoms with Gasteiger partial charge in [0.25, 0.3) is 11.8 Å². The molecule has 0 spiro atoms. The molecule has 9 nitrogen and oxygen atoms in total. The van der Waals surface area contributed by atoms with Crippen molar-refractivity contribution in [3.05, 3.63) is 42.5 Å². The number of fused-ring (bicyclic) bond motifs is 2. The molecule has 1 fully saturated rings. The largest absolute Gasteiger partial charge is 0.485 e. The number of nitrogens with zero attached hydrogens (tertiary/aromatic N) is 2. The molecule has 0 N–H and O–H groups in total. The molecule has 1 atom stereocenters. The van der Waals surface area contributed by atoms with Gasteiger partial charge in [0.05, 0.1) is 0 Å². The Hall–Kier alpha value is -3.62. The Morgan fingerprint density at radius 3 is 2.42 bits per heavy atom. The number of piperazine rings is 1. The van der Waals surface area contributed by atoms with Crippen LogP contribution in [-0.2, 0) is 9.59 Å². The summed E-state index contributed by atoms with van der Waals surface area (Å²) < 4.78 is 27.6. The summed E-state index contributed by atoms with van der Waals surface area (Å²) in [5, 5.41) is 0. The molecule has 162 valence electrons. The average Bonchev–Trinajstić information content (AvgIpc) is 3.30. The second-order valence-electron chi connectivity index (χ2n) is 7.37. The van der Waals surface area contributed by atoms with Crippen LogP contribution in [0.15, 0.2) is 42.5 Å². The third kappa shape index (κ3) is 4.03. The van der Waals surface area contributed by atoms with Gasteiger partial charge in [-0.25, -0.2) is 0 Å². The Labute approximate surface area is 179 Å². The molecule has 1 saturated heterocycles. The topological polar surface area (TPSA) is 86.8 Å². The third-order valence-corrected chi connectivity index (χ3v) is 5.43. The van der Waals surface area contributed by atoms with Gasteiger partial charge < -0.3 is 33.5 Å². The van der Waals surface area contributed by atoms with Gasteiger partial charge in [0.1, 0.15) is 12.4 Å². The highest BCUT2D eigenvalue weighted by atomic mass is 16.7. The van der Waals surface area contributed by atoms with E-state index in [2.05, 4.69) is 0 Å². The Morgan fingerprint density at radius 2 is 1.58 bits per heavy atom. The van der Waals surface area contributed by atoms with E-state index in [4.69, 9.17) is 23.7 Å². The van der Waals surface area contributed by atoms with Crippen LogP contribution in [0.2, 0.25) is 0 Å². The summed E-state index contributed by atoms with van der Waals surface area (Å²) in [5.74, 6) is 2.77. The molecule has 0 radical (unpaired) electrons. The summed E-state index contributed by atoms with van der Waals surface area (Å²) in [6.07, 6.45) is -0.675. The van der Waals surface area contributed by atoms with Gasteiger partial charge in [0, 0.05) is 32.2 Å². The van der Waals surface area contributed by atoms with Crippen LogP contribution in [0.1, 0.15) is 0 Å². The van der Waals surface area contributed by atoms with Gasteiger partial charge in [-0.2, -0.15) is 0 Å². The van der Waals surface area contributed by atoms with Crippen LogP contribution in [0.5, 0.6) is 28.7 Å². The Bertz CT molecular complexity index is 988. The number of hydrogen-bond acceptors (Lipinski definition) is 7. The molecule has 2 amide bonds. The van der Waals surface area contributed by atoms with Crippen LogP contribution < -0.4 is 23.7 Å². The van der Waals surface area contributed by atoms with Gasteiger partial charge in [0.2, 0.25) is 12.9 Å². The summed E-state index contributed by atoms with van der Waals surface area (Å²) in [7, 11) is 0. The standard InChI is InChI=1S/C22H22N2O7/c25-21(13-27-15-5-6-17-19(11-15)30-14-29-17)23-7-9-24(10-8-23)22(26)20-12-28-16-3-1-2-4-18(16)31-20/h1-6,11,20H,7-10,12-14H2/t20-/m0/s1. The minimum Gasteiger partial charge on any atom is -0.485 e. The Kier molecular flexibility index (Phi) is 5.15. The summed E-state index contributed by atoms with van der Waals surface area (Å²) >= 11 is 0. The van der Waals surface area contributed by atoms with Gasteiger partial charge in [-0.3, -0.25) is 9.59 Å². The van der Waals surface area contributed by atoms with E-state index < -0.39 is 6.10 Å². The van der Waals surface area contributed by atoms with Crippen LogP contribution in [0.4, 0.5) is 0 Å². The molecule has 2 aromatic rings. The molecule has 31 heavy (non-hydrogen) atoms. The minimum absolute atomic E-state index is 0.0794. The number of hydrogen-bond donors (Lipinski definition) is 0. The molecule has 0 aliphatic carbocycles. The number of rotatable bonds is 4. The average molecular weight is 426 g/mol. The van der Waals surface area contributed by atoms with Crippen LogP contribution in [0, 0.1) is 0 Å². The van der Waals surface area contributed by atoms with Crippen molar-refractivity contribution in [3.8, 4) is 28.7 Å². The Morgan fingerprint density at radius 1 is 0.871 bits per heavy atom. The van der Waals surface area contributed by atoms with Gasteiger partial charge in [-0.1, -0.05) is 12.1 Å². The van der Waals surface area contributed by atoms with Crippen molar-refractivity contribution < 1.29 is 33.3 Å². The number of carbonyl (C=O) groups is 2. The van der Waals surface area contributed by atoms with E-state index in [1.54, 1.807) is 34.1 Å². The maximum atomic E-state index is 12.8. The first-order chi connectivity index (χ1) is 15.2. The number of benzene rings is 2. The maximum absolute atomic E-state index is 12.8. The summed E-state index contributed by atoms with van der Waals surface area (Å²) in [4.78, 5) is 28.7. The molecule has 0 bridgehead atoms. The molecule has 0 aromatic heterocycles. The van der Waals surface area contributed by atoms with Crippen molar-refractivity contribution in [2.45, 2.75) is 6.10 Å². The number of para-hydroxylation sites is 2. The summed E-state index contributed by atoms with van der Waals surface area (Å²) in [6.45, 7) is 2.05. The van der Waals surface area contributed by atoms with Crippen LogP contribution in [-0.4, -0.2) is 73.9 Å². The first kappa shape index (κ1) is 19.3. The van der Waals surface area contributed by atoms with Crippen molar-refractivity contribution in [1.82, 2.24) is 9.80 Å². The fourth-order valence-electron chi connectivity index (χ4n) is 3.72. The highest BCUT2D eigenvalue weighted by Crippen LogP contribution is 2.35. The van der Waals surface area contributed by atoms with Crippen molar-refractivity contribution in [3.63, 3.8) is 0 Å². The monoisotopic (exact) mass is 426 g/mol. The molecule has 3 aliphatic heterocycles. The Balaban J connectivity index is 1.10. The SMILES string of the molecule is O=C(COc1ccc2c(c1)OCO2)N1CCN(C(=O)[C@@H]2COc3ccccc3O2)CC1. The second-order valence-corrected chi connectivity index (χ2v) is 7.37. The molecule has 3 aliphatic rings. The van der Waals surface area contributed by atoms with Crippen LogP contribution in [0.25, 0.3) is 0 Å². The predicted octanol–water partition coefficient (Wildman–Crippen LogP) is 1.30. The van der Waals surface area contributed by atoms with Crippen molar-refractivity contribution in [2.24, 2.45) is 0 Å². The lowest BCUT2D eigenvalue weighted by molar-refractivity contribution is -0.146. The summed E-state index contributed by atoms with van der Waals surface area (Å²) in [6, 6.07) is 12.5. The van der Waals surface area contributed by atoms with Crippen molar-refractivity contribution >= 4 is 11.8 Å². The lowest BCUT2D eigenvalue weighted by atomic mass is 10.2. The molecule has 9 heteroatoms. The molecule has 0 saturated carbocycles. The van der Waals surface area contributed by atoms with Crippen LogP contribution in [0.3, 0.4) is 0 Å². The first-order valence-electron chi connectivity index (χ1n) is 10.1. The highest BCUT2D eigenvalue weighted by molar-refractivity contribution is 5.83. The first-order valence-corrected chi connectivity index (χ1v) is 10.1. The van der Waals surface area contributed by atoms with Crippen molar-refractivity contribution in [2.75, 3.05) is 46.2 Å². The van der Waals surface area contributed by atoms with E-state index in [0.29, 0.717) is 54.9 Å². The maximum Gasteiger partial charge on any atom is 0.267 e. The van der Waals surface area contributed by atoms with E-state index in [9.17, 15) is 9.59 Å². The molecular formula is C22H22N2O7. The number of ether oxygens (including phenoxy) is 5. The fourth-order valence-corrected chi connectivity index (χ4v) is 3.72. The lowest BCUT2D eigenvalue weighted by Gasteiger charge is -2.37. The molecule has 5 rings (SSSR count). The summed E-state index contributed by atoms with van der Waals surface area (Å²) in [5.41, 5.74) is 0. The quantitative estimate of drug-likeness (QED) is 0.729. The third-order valence-electron chi connectivity index (χ3n) is 5.43. The second kappa shape index (κ2) is 8.25. The smallest absolute Gasteiger partial charge is 0.267 e. The van der Waals surface area contributed by atoms with Crippen LogP contribution >= 0.6 is 0 Å².